The maximum atomic E-state index is 11.9. The number of hydrogen-bond donors (Lipinski definition) is 2. The minimum atomic E-state index is -3.52. The van der Waals surface area contributed by atoms with Gasteiger partial charge in [0.25, 0.3) is 0 Å². The Morgan fingerprint density at radius 1 is 1.47 bits per heavy atom. The standard InChI is InChI=1S/C10H14N4O3S2/c1-14-7-11-9(13-14)4-5-12-19(16,17)10-3-2-8(6-15)18-10/h2-3,7,12,15H,4-6H2,1H3. The van der Waals surface area contributed by atoms with Gasteiger partial charge in [-0.1, -0.05) is 0 Å². The molecule has 0 saturated carbocycles. The molecule has 2 heterocycles. The number of aryl methyl sites for hydroxylation is 1. The number of aliphatic hydroxyl groups excluding tert-OH is 1. The van der Waals surface area contributed by atoms with Crippen molar-refractivity contribution < 1.29 is 13.5 Å². The summed E-state index contributed by atoms with van der Waals surface area (Å²) in [5, 5.41) is 13.0. The van der Waals surface area contributed by atoms with Crippen LogP contribution in [0.3, 0.4) is 0 Å². The first-order valence-electron chi connectivity index (χ1n) is 5.55. The van der Waals surface area contributed by atoms with Gasteiger partial charge in [0.15, 0.2) is 5.82 Å². The molecule has 0 aromatic carbocycles. The van der Waals surface area contributed by atoms with E-state index < -0.39 is 10.0 Å². The minimum Gasteiger partial charge on any atom is -0.391 e. The monoisotopic (exact) mass is 302 g/mol. The number of nitrogens with one attached hydrogen (secondary N) is 1. The van der Waals surface area contributed by atoms with Gasteiger partial charge in [0.1, 0.15) is 10.5 Å². The van der Waals surface area contributed by atoms with Crippen molar-refractivity contribution >= 4 is 21.4 Å². The molecular formula is C10H14N4O3S2. The van der Waals surface area contributed by atoms with Gasteiger partial charge in [0, 0.05) is 24.9 Å². The number of aromatic nitrogens is 3. The second-order valence-corrected chi connectivity index (χ2v) is 7.02. The van der Waals surface area contributed by atoms with Crippen LogP contribution in [0.2, 0.25) is 0 Å². The highest BCUT2D eigenvalue weighted by atomic mass is 32.2. The lowest BCUT2D eigenvalue weighted by Gasteiger charge is -2.02. The summed E-state index contributed by atoms with van der Waals surface area (Å²) in [5.41, 5.74) is 0. The van der Waals surface area contributed by atoms with Crippen LogP contribution in [-0.4, -0.2) is 34.8 Å². The molecule has 2 aromatic heterocycles. The van der Waals surface area contributed by atoms with Crippen LogP contribution >= 0.6 is 11.3 Å². The molecular weight excluding hydrogens is 288 g/mol. The number of hydrogen-bond acceptors (Lipinski definition) is 6. The molecule has 2 rings (SSSR count). The van der Waals surface area contributed by atoms with Crippen LogP contribution < -0.4 is 4.72 Å². The Balaban J connectivity index is 1.94. The van der Waals surface area contributed by atoms with Crippen molar-refractivity contribution in [3.63, 3.8) is 0 Å². The highest BCUT2D eigenvalue weighted by Crippen LogP contribution is 2.21. The molecule has 0 unspecified atom stereocenters. The third-order valence-electron chi connectivity index (χ3n) is 2.35. The van der Waals surface area contributed by atoms with Gasteiger partial charge in [-0.25, -0.2) is 18.1 Å². The van der Waals surface area contributed by atoms with Crippen LogP contribution in [-0.2, 0) is 30.1 Å². The fraction of sp³-hybridized carbons (Fsp3) is 0.400. The van der Waals surface area contributed by atoms with E-state index in [1.807, 2.05) is 0 Å². The van der Waals surface area contributed by atoms with Gasteiger partial charge in [0.2, 0.25) is 10.0 Å². The molecule has 0 spiro atoms. The van der Waals surface area contributed by atoms with Crippen molar-refractivity contribution in [3.8, 4) is 0 Å². The van der Waals surface area contributed by atoms with Crippen LogP contribution in [0.1, 0.15) is 10.7 Å². The van der Waals surface area contributed by atoms with E-state index >= 15 is 0 Å². The Labute approximate surface area is 115 Å². The van der Waals surface area contributed by atoms with E-state index in [9.17, 15) is 8.42 Å². The van der Waals surface area contributed by atoms with Crippen LogP contribution in [0.25, 0.3) is 0 Å². The van der Waals surface area contributed by atoms with Crippen molar-refractivity contribution in [3.05, 3.63) is 29.2 Å². The van der Waals surface area contributed by atoms with E-state index in [2.05, 4.69) is 14.8 Å². The number of thiophene rings is 1. The first-order valence-corrected chi connectivity index (χ1v) is 7.85. The average Bonchev–Trinajstić information content (AvgIpc) is 2.98. The summed E-state index contributed by atoms with van der Waals surface area (Å²) in [6, 6.07) is 3.08. The van der Waals surface area contributed by atoms with Gasteiger partial charge in [-0.15, -0.1) is 11.3 Å². The Hall–Kier alpha value is -1.29. The first-order chi connectivity index (χ1) is 9.01. The normalized spacial score (nSPS) is 11.9. The Bertz CT molecular complexity index is 647. The molecule has 0 amide bonds. The molecule has 0 aliphatic heterocycles. The van der Waals surface area contributed by atoms with Crippen LogP contribution in [0.5, 0.6) is 0 Å². The summed E-state index contributed by atoms with van der Waals surface area (Å²) in [6.07, 6.45) is 1.99. The number of rotatable bonds is 6. The van der Waals surface area contributed by atoms with Gasteiger partial charge in [-0.3, -0.25) is 4.68 Å². The van der Waals surface area contributed by atoms with Crippen LogP contribution in [0.15, 0.2) is 22.7 Å². The number of nitrogens with zero attached hydrogens (tertiary/aromatic N) is 3. The largest absolute Gasteiger partial charge is 0.391 e. The zero-order chi connectivity index (χ0) is 13.9. The third-order valence-corrected chi connectivity index (χ3v) is 5.37. The number of aliphatic hydroxyl groups is 1. The molecule has 2 aromatic rings. The van der Waals surface area contributed by atoms with Crippen molar-refractivity contribution in [1.29, 1.82) is 0 Å². The zero-order valence-corrected chi connectivity index (χ0v) is 11.9. The third kappa shape index (κ3) is 3.60. The highest BCUT2D eigenvalue weighted by molar-refractivity contribution is 7.91. The molecule has 2 N–H and O–H groups in total. The summed E-state index contributed by atoms with van der Waals surface area (Å²) in [5.74, 6) is 0.590. The summed E-state index contributed by atoms with van der Waals surface area (Å²) < 4.78 is 28.1. The molecule has 104 valence electrons. The molecule has 0 aliphatic rings. The van der Waals surface area contributed by atoms with Crippen molar-refractivity contribution in [2.24, 2.45) is 7.05 Å². The van der Waals surface area contributed by atoms with E-state index in [1.165, 1.54) is 6.07 Å². The maximum Gasteiger partial charge on any atom is 0.250 e. The minimum absolute atomic E-state index is 0.155. The summed E-state index contributed by atoms with van der Waals surface area (Å²) in [6.45, 7) is 0.0801. The Morgan fingerprint density at radius 2 is 2.26 bits per heavy atom. The van der Waals surface area contributed by atoms with E-state index in [4.69, 9.17) is 5.11 Å². The lowest BCUT2D eigenvalue weighted by atomic mass is 10.4. The molecule has 0 bridgehead atoms. The van der Waals surface area contributed by atoms with E-state index in [-0.39, 0.29) is 17.4 Å². The predicted octanol–water partition coefficient (Wildman–Crippen LogP) is -0.110. The highest BCUT2D eigenvalue weighted by Gasteiger charge is 2.16. The van der Waals surface area contributed by atoms with E-state index in [0.29, 0.717) is 17.1 Å². The molecule has 9 heteroatoms. The summed E-state index contributed by atoms with van der Waals surface area (Å²) in [7, 11) is -1.77. The van der Waals surface area contributed by atoms with Crippen LogP contribution in [0.4, 0.5) is 0 Å². The Morgan fingerprint density at radius 3 is 2.84 bits per heavy atom. The summed E-state index contributed by atoms with van der Waals surface area (Å²) in [4.78, 5) is 4.63. The fourth-order valence-electron chi connectivity index (χ4n) is 1.45. The van der Waals surface area contributed by atoms with Gasteiger partial charge in [-0.05, 0) is 12.1 Å². The molecule has 0 aliphatic carbocycles. The average molecular weight is 302 g/mol. The summed E-state index contributed by atoms with van der Waals surface area (Å²) >= 11 is 1.05. The fourth-order valence-corrected chi connectivity index (χ4v) is 3.75. The van der Waals surface area contributed by atoms with Gasteiger partial charge < -0.3 is 5.11 Å². The van der Waals surface area contributed by atoms with E-state index in [0.717, 1.165) is 11.3 Å². The number of sulfonamides is 1. The Kier molecular flexibility index (Phi) is 4.30. The van der Waals surface area contributed by atoms with Gasteiger partial charge in [-0.2, -0.15) is 5.10 Å². The maximum absolute atomic E-state index is 11.9. The molecule has 0 atom stereocenters. The molecule has 0 fully saturated rings. The van der Waals surface area contributed by atoms with Crippen molar-refractivity contribution in [1.82, 2.24) is 19.5 Å². The quantitative estimate of drug-likeness (QED) is 0.776. The van der Waals surface area contributed by atoms with Gasteiger partial charge in [0.05, 0.1) is 6.61 Å². The SMILES string of the molecule is Cn1cnc(CCNS(=O)(=O)c2ccc(CO)s2)n1. The molecule has 19 heavy (non-hydrogen) atoms. The zero-order valence-electron chi connectivity index (χ0n) is 10.3. The first kappa shape index (κ1) is 14.1. The molecule has 7 nitrogen and oxygen atoms in total. The lowest BCUT2D eigenvalue weighted by molar-refractivity contribution is 0.285. The molecule has 0 radical (unpaired) electrons. The van der Waals surface area contributed by atoms with Crippen molar-refractivity contribution in [2.75, 3.05) is 6.54 Å². The van der Waals surface area contributed by atoms with E-state index in [1.54, 1.807) is 24.1 Å². The van der Waals surface area contributed by atoms with Gasteiger partial charge >= 0.3 is 0 Å². The molecule has 0 saturated heterocycles. The second kappa shape index (κ2) is 5.78. The lowest BCUT2D eigenvalue weighted by Crippen LogP contribution is -2.25. The smallest absolute Gasteiger partial charge is 0.250 e. The topological polar surface area (TPSA) is 97.1 Å². The predicted molar refractivity (Wildman–Crippen MR) is 70.1 cm³/mol. The van der Waals surface area contributed by atoms with Crippen molar-refractivity contribution in [2.45, 2.75) is 17.2 Å². The second-order valence-electron chi connectivity index (χ2n) is 3.86. The van der Waals surface area contributed by atoms with Crippen LogP contribution in [0, 0.1) is 0 Å².